The third-order valence-electron chi connectivity index (χ3n) is 4.23. The summed E-state index contributed by atoms with van der Waals surface area (Å²) in [7, 11) is 0. The van der Waals surface area contributed by atoms with Gasteiger partial charge in [-0.3, -0.25) is 9.69 Å². The molecule has 0 bridgehead atoms. The summed E-state index contributed by atoms with van der Waals surface area (Å²) in [5, 5.41) is 3.13. The van der Waals surface area contributed by atoms with E-state index in [9.17, 15) is 4.79 Å². The Hall–Kier alpha value is -1.35. The molecule has 1 saturated heterocycles. The van der Waals surface area contributed by atoms with E-state index in [-0.39, 0.29) is 18.0 Å². The van der Waals surface area contributed by atoms with Gasteiger partial charge in [0, 0.05) is 0 Å². The van der Waals surface area contributed by atoms with E-state index in [0.717, 1.165) is 18.7 Å². The van der Waals surface area contributed by atoms with Gasteiger partial charge in [0.05, 0.1) is 12.1 Å². The highest BCUT2D eigenvalue weighted by Gasteiger charge is 2.23. The number of nitrogens with one attached hydrogen (secondary N) is 1. The van der Waals surface area contributed by atoms with Gasteiger partial charge in [0.2, 0.25) is 5.91 Å². The van der Waals surface area contributed by atoms with E-state index >= 15 is 0 Å². The largest absolute Gasteiger partial charge is 0.348 e. The lowest BCUT2D eigenvalue weighted by Gasteiger charge is -2.28. The lowest BCUT2D eigenvalue weighted by Crippen LogP contribution is -2.46. The monoisotopic (exact) mass is 274 g/mol. The minimum Gasteiger partial charge on any atom is -0.348 e. The summed E-state index contributed by atoms with van der Waals surface area (Å²) in [6.45, 7) is 6.17. The maximum Gasteiger partial charge on any atom is 0.237 e. The molecule has 1 aromatic rings. The third-order valence-corrected chi connectivity index (χ3v) is 4.23. The first-order chi connectivity index (χ1) is 9.68. The topological polar surface area (TPSA) is 32.3 Å². The van der Waals surface area contributed by atoms with Crippen LogP contribution in [0.25, 0.3) is 0 Å². The normalized spacial score (nSPS) is 19.9. The Bertz CT molecular complexity index is 410. The van der Waals surface area contributed by atoms with Crippen molar-refractivity contribution in [1.29, 1.82) is 0 Å². The number of benzene rings is 1. The molecule has 1 N–H and O–H groups in total. The smallest absolute Gasteiger partial charge is 0.237 e. The van der Waals surface area contributed by atoms with Crippen LogP contribution in [0.4, 0.5) is 0 Å². The maximum atomic E-state index is 12.4. The van der Waals surface area contributed by atoms with Crippen LogP contribution in [-0.4, -0.2) is 29.9 Å². The number of amides is 1. The predicted octanol–water partition coefficient (Wildman–Crippen LogP) is 3.13. The van der Waals surface area contributed by atoms with Crippen LogP contribution in [-0.2, 0) is 4.79 Å². The standard InChI is InChI=1S/C17H26N2O/c1-14(16-10-6-5-7-11-16)18-17(20)15(2)19-12-8-3-4-9-13-19/h5-7,10-11,14-15H,3-4,8-9,12-13H2,1-2H3,(H,18,20). The van der Waals surface area contributed by atoms with Gasteiger partial charge < -0.3 is 5.32 Å². The first kappa shape index (κ1) is 15.0. The van der Waals surface area contributed by atoms with Crippen LogP contribution >= 0.6 is 0 Å². The molecule has 0 spiro atoms. The molecule has 0 aromatic heterocycles. The van der Waals surface area contributed by atoms with Gasteiger partial charge >= 0.3 is 0 Å². The van der Waals surface area contributed by atoms with E-state index in [2.05, 4.69) is 22.3 Å². The molecule has 1 aliphatic heterocycles. The van der Waals surface area contributed by atoms with Gasteiger partial charge in [0.1, 0.15) is 0 Å². The molecule has 1 amide bonds. The number of carbonyl (C=O) groups excluding carboxylic acids is 1. The fourth-order valence-corrected chi connectivity index (χ4v) is 2.81. The fraction of sp³-hybridized carbons (Fsp3) is 0.588. The Morgan fingerprint density at radius 3 is 2.25 bits per heavy atom. The van der Waals surface area contributed by atoms with Crippen LogP contribution in [0.15, 0.2) is 30.3 Å². The van der Waals surface area contributed by atoms with Gasteiger partial charge in [-0.1, -0.05) is 43.2 Å². The fourth-order valence-electron chi connectivity index (χ4n) is 2.81. The summed E-state index contributed by atoms with van der Waals surface area (Å²) >= 11 is 0. The molecule has 1 fully saturated rings. The van der Waals surface area contributed by atoms with Crippen molar-refractivity contribution in [3.63, 3.8) is 0 Å². The Kier molecular flexibility index (Phi) is 5.60. The van der Waals surface area contributed by atoms with Gasteiger partial charge in [-0.25, -0.2) is 0 Å². The second-order valence-electron chi connectivity index (χ2n) is 5.77. The van der Waals surface area contributed by atoms with E-state index in [4.69, 9.17) is 0 Å². The molecule has 2 unspecified atom stereocenters. The van der Waals surface area contributed by atoms with Crippen molar-refractivity contribution in [2.45, 2.75) is 51.6 Å². The lowest BCUT2D eigenvalue weighted by atomic mass is 10.1. The maximum absolute atomic E-state index is 12.4. The number of nitrogens with zero attached hydrogens (tertiary/aromatic N) is 1. The van der Waals surface area contributed by atoms with Crippen molar-refractivity contribution >= 4 is 5.91 Å². The van der Waals surface area contributed by atoms with Crippen LogP contribution in [0.3, 0.4) is 0 Å². The van der Waals surface area contributed by atoms with E-state index in [1.807, 2.05) is 32.0 Å². The number of hydrogen-bond donors (Lipinski definition) is 1. The lowest BCUT2D eigenvalue weighted by molar-refractivity contribution is -0.126. The Balaban J connectivity index is 1.90. The molecule has 0 saturated carbocycles. The first-order valence-corrected chi connectivity index (χ1v) is 7.78. The summed E-state index contributed by atoms with van der Waals surface area (Å²) in [5.41, 5.74) is 1.16. The second-order valence-corrected chi connectivity index (χ2v) is 5.77. The molecule has 1 aromatic carbocycles. The van der Waals surface area contributed by atoms with Gasteiger partial charge in [-0.2, -0.15) is 0 Å². The van der Waals surface area contributed by atoms with Gasteiger partial charge in [-0.05, 0) is 45.3 Å². The van der Waals surface area contributed by atoms with Crippen molar-refractivity contribution in [2.75, 3.05) is 13.1 Å². The highest BCUT2D eigenvalue weighted by atomic mass is 16.2. The number of likely N-dealkylation sites (tertiary alicyclic amines) is 1. The van der Waals surface area contributed by atoms with Crippen molar-refractivity contribution in [3.8, 4) is 0 Å². The average Bonchev–Trinajstić information content (AvgIpc) is 2.76. The highest BCUT2D eigenvalue weighted by molar-refractivity contribution is 5.81. The first-order valence-electron chi connectivity index (χ1n) is 7.78. The highest BCUT2D eigenvalue weighted by Crippen LogP contribution is 2.15. The summed E-state index contributed by atoms with van der Waals surface area (Å²) in [5.74, 6) is 0.142. The van der Waals surface area contributed by atoms with Crippen LogP contribution in [0.5, 0.6) is 0 Å². The molecule has 1 heterocycles. The predicted molar refractivity (Wildman–Crippen MR) is 82.5 cm³/mol. The molecule has 3 nitrogen and oxygen atoms in total. The molecule has 2 rings (SSSR count). The zero-order valence-electron chi connectivity index (χ0n) is 12.6. The SMILES string of the molecule is CC(NC(=O)C(C)N1CCCCCC1)c1ccccc1. The Morgan fingerprint density at radius 1 is 1.05 bits per heavy atom. The third kappa shape index (κ3) is 4.07. The van der Waals surface area contributed by atoms with Crippen molar-refractivity contribution in [3.05, 3.63) is 35.9 Å². The molecular formula is C17H26N2O. The molecule has 20 heavy (non-hydrogen) atoms. The summed E-state index contributed by atoms with van der Waals surface area (Å²) in [6, 6.07) is 10.2. The van der Waals surface area contributed by atoms with E-state index in [1.54, 1.807) is 0 Å². The van der Waals surface area contributed by atoms with E-state index in [0.29, 0.717) is 0 Å². The van der Waals surface area contributed by atoms with Crippen molar-refractivity contribution in [2.24, 2.45) is 0 Å². The molecule has 1 aliphatic rings. The van der Waals surface area contributed by atoms with Crippen LogP contribution < -0.4 is 5.32 Å². The molecule has 0 aliphatic carbocycles. The molecular weight excluding hydrogens is 248 g/mol. The zero-order chi connectivity index (χ0) is 14.4. The second kappa shape index (κ2) is 7.44. The van der Waals surface area contributed by atoms with E-state index in [1.165, 1.54) is 25.7 Å². The number of rotatable bonds is 4. The quantitative estimate of drug-likeness (QED) is 0.915. The van der Waals surface area contributed by atoms with Crippen LogP contribution in [0, 0.1) is 0 Å². The molecule has 2 atom stereocenters. The Labute approximate surface area is 122 Å². The minimum absolute atomic E-state index is 0.0285. The summed E-state index contributed by atoms with van der Waals surface area (Å²) < 4.78 is 0. The zero-order valence-corrected chi connectivity index (χ0v) is 12.6. The average molecular weight is 274 g/mol. The van der Waals surface area contributed by atoms with Gasteiger partial charge in [0.25, 0.3) is 0 Å². The van der Waals surface area contributed by atoms with Crippen molar-refractivity contribution < 1.29 is 4.79 Å². The minimum atomic E-state index is -0.0285. The van der Waals surface area contributed by atoms with Crippen molar-refractivity contribution in [1.82, 2.24) is 10.2 Å². The molecule has 0 radical (unpaired) electrons. The molecule has 3 heteroatoms. The van der Waals surface area contributed by atoms with Crippen LogP contribution in [0.2, 0.25) is 0 Å². The molecule has 110 valence electrons. The van der Waals surface area contributed by atoms with Gasteiger partial charge in [-0.15, -0.1) is 0 Å². The number of hydrogen-bond acceptors (Lipinski definition) is 2. The summed E-state index contributed by atoms with van der Waals surface area (Å²) in [4.78, 5) is 14.7. The Morgan fingerprint density at radius 2 is 1.65 bits per heavy atom. The number of carbonyl (C=O) groups is 1. The van der Waals surface area contributed by atoms with Gasteiger partial charge in [0.15, 0.2) is 0 Å². The van der Waals surface area contributed by atoms with Crippen LogP contribution in [0.1, 0.15) is 51.1 Å². The van der Waals surface area contributed by atoms with E-state index < -0.39 is 0 Å². The summed E-state index contributed by atoms with van der Waals surface area (Å²) in [6.07, 6.45) is 5.02.